The maximum atomic E-state index is 12.0. The highest BCUT2D eigenvalue weighted by Gasteiger charge is 2.27. The summed E-state index contributed by atoms with van der Waals surface area (Å²) in [6.07, 6.45) is 1.87. The van der Waals surface area contributed by atoms with E-state index in [0.29, 0.717) is 31.1 Å². The Morgan fingerprint density at radius 2 is 2.21 bits per heavy atom. The van der Waals surface area contributed by atoms with E-state index in [9.17, 15) is 9.59 Å². The van der Waals surface area contributed by atoms with Gasteiger partial charge < -0.3 is 10.0 Å². The molecule has 1 saturated heterocycles. The Hall–Kier alpha value is -1.63. The Kier molecular flexibility index (Phi) is 4.36. The third-order valence-corrected chi connectivity index (χ3v) is 4.07. The molecule has 7 heteroatoms. The number of urea groups is 1. The van der Waals surface area contributed by atoms with Crippen molar-refractivity contribution < 1.29 is 14.7 Å². The maximum absolute atomic E-state index is 12.0. The van der Waals surface area contributed by atoms with Crippen LogP contribution < -0.4 is 5.32 Å². The highest BCUT2D eigenvalue weighted by Crippen LogP contribution is 2.20. The molecule has 1 fully saturated rings. The second-order valence-corrected chi connectivity index (χ2v) is 5.39. The molecule has 0 aliphatic carbocycles. The van der Waals surface area contributed by atoms with Crippen LogP contribution in [0.15, 0.2) is 5.38 Å². The number of aliphatic carboxylic acids is 1. The fraction of sp³-hybridized carbons (Fsp3) is 0.583. The number of rotatable bonds is 3. The van der Waals surface area contributed by atoms with E-state index in [4.69, 9.17) is 5.11 Å². The number of carboxylic acid groups (broad SMARTS) is 1. The number of anilines is 1. The standard InChI is InChI=1S/C12H17N3O3S/c1-2-9-7-19-11(13-9)14-12(18)15-5-3-8(4-6-15)10(16)17/h7-8H,2-6H2,1H3,(H,16,17)(H,13,14,18). The number of carbonyl (C=O) groups is 2. The number of thiazole rings is 1. The number of amides is 2. The fourth-order valence-corrected chi connectivity index (χ4v) is 2.81. The average Bonchev–Trinajstić information content (AvgIpc) is 2.86. The molecule has 1 aliphatic rings. The van der Waals surface area contributed by atoms with Crippen molar-refractivity contribution in [1.82, 2.24) is 9.88 Å². The van der Waals surface area contributed by atoms with Crippen molar-refractivity contribution in [2.24, 2.45) is 5.92 Å². The Balaban J connectivity index is 1.86. The first kappa shape index (κ1) is 13.8. The quantitative estimate of drug-likeness (QED) is 0.889. The van der Waals surface area contributed by atoms with Gasteiger partial charge in [-0.2, -0.15) is 0 Å². The van der Waals surface area contributed by atoms with E-state index >= 15 is 0 Å². The lowest BCUT2D eigenvalue weighted by atomic mass is 9.97. The zero-order valence-corrected chi connectivity index (χ0v) is 11.6. The van der Waals surface area contributed by atoms with Gasteiger partial charge >= 0.3 is 12.0 Å². The Morgan fingerprint density at radius 3 is 2.74 bits per heavy atom. The molecule has 0 bridgehead atoms. The molecular weight excluding hydrogens is 266 g/mol. The van der Waals surface area contributed by atoms with Crippen molar-refractivity contribution in [3.8, 4) is 0 Å². The van der Waals surface area contributed by atoms with Gasteiger partial charge in [0.1, 0.15) is 0 Å². The molecule has 2 amide bonds. The van der Waals surface area contributed by atoms with E-state index < -0.39 is 5.97 Å². The van der Waals surface area contributed by atoms with E-state index in [-0.39, 0.29) is 11.9 Å². The van der Waals surface area contributed by atoms with Gasteiger partial charge in [0, 0.05) is 18.5 Å². The van der Waals surface area contributed by atoms with Crippen molar-refractivity contribution in [3.63, 3.8) is 0 Å². The van der Waals surface area contributed by atoms with Gasteiger partial charge in [-0.3, -0.25) is 10.1 Å². The van der Waals surface area contributed by atoms with Gasteiger partial charge in [-0.1, -0.05) is 6.92 Å². The SMILES string of the molecule is CCc1csc(NC(=O)N2CCC(C(=O)O)CC2)n1. The number of aryl methyl sites for hydroxylation is 1. The molecule has 2 N–H and O–H groups in total. The first-order valence-electron chi connectivity index (χ1n) is 6.33. The monoisotopic (exact) mass is 283 g/mol. The van der Waals surface area contributed by atoms with Crippen molar-refractivity contribution in [2.75, 3.05) is 18.4 Å². The molecule has 2 heterocycles. The molecule has 0 unspecified atom stereocenters. The number of nitrogens with zero attached hydrogens (tertiary/aromatic N) is 2. The van der Waals surface area contributed by atoms with Crippen LogP contribution in [0.5, 0.6) is 0 Å². The van der Waals surface area contributed by atoms with Crippen LogP contribution in [0, 0.1) is 5.92 Å². The molecule has 0 atom stereocenters. The maximum Gasteiger partial charge on any atom is 0.323 e. The minimum Gasteiger partial charge on any atom is -0.481 e. The number of piperidine rings is 1. The van der Waals surface area contributed by atoms with Crippen molar-refractivity contribution in [2.45, 2.75) is 26.2 Å². The molecule has 6 nitrogen and oxygen atoms in total. The number of hydrogen-bond acceptors (Lipinski definition) is 4. The third kappa shape index (κ3) is 3.44. The van der Waals surface area contributed by atoms with E-state index in [1.54, 1.807) is 4.90 Å². The predicted octanol–water partition coefficient (Wildman–Crippen LogP) is 2.03. The lowest BCUT2D eigenvalue weighted by Crippen LogP contribution is -2.42. The van der Waals surface area contributed by atoms with Gasteiger partial charge in [0.25, 0.3) is 0 Å². The molecule has 0 aromatic carbocycles. The summed E-state index contributed by atoms with van der Waals surface area (Å²) in [5.41, 5.74) is 0.963. The zero-order valence-electron chi connectivity index (χ0n) is 10.8. The van der Waals surface area contributed by atoms with E-state index in [0.717, 1.165) is 12.1 Å². The second kappa shape index (κ2) is 6.01. The Morgan fingerprint density at radius 1 is 1.53 bits per heavy atom. The Labute approximate surface area is 115 Å². The van der Waals surface area contributed by atoms with Gasteiger partial charge in [-0.25, -0.2) is 9.78 Å². The molecule has 1 aliphatic heterocycles. The number of hydrogen-bond donors (Lipinski definition) is 2. The normalized spacial score (nSPS) is 16.4. The first-order valence-corrected chi connectivity index (χ1v) is 7.21. The molecule has 0 radical (unpaired) electrons. The van der Waals surface area contributed by atoms with Crippen LogP contribution >= 0.6 is 11.3 Å². The number of nitrogens with one attached hydrogen (secondary N) is 1. The number of likely N-dealkylation sites (tertiary alicyclic amines) is 1. The minimum atomic E-state index is -0.771. The van der Waals surface area contributed by atoms with E-state index in [1.807, 2.05) is 12.3 Å². The minimum absolute atomic E-state index is 0.194. The number of carboxylic acids is 1. The molecule has 2 rings (SSSR count). The van der Waals surface area contributed by atoms with E-state index in [2.05, 4.69) is 10.3 Å². The summed E-state index contributed by atoms with van der Waals surface area (Å²) in [7, 11) is 0. The van der Waals surface area contributed by atoms with Gasteiger partial charge in [-0.05, 0) is 19.3 Å². The predicted molar refractivity (Wildman–Crippen MR) is 72.4 cm³/mol. The molecule has 1 aromatic rings. The van der Waals surface area contributed by atoms with Crippen LogP contribution in [0.1, 0.15) is 25.5 Å². The fourth-order valence-electron chi connectivity index (χ4n) is 2.03. The van der Waals surface area contributed by atoms with Crippen LogP contribution in [0.2, 0.25) is 0 Å². The highest BCUT2D eigenvalue weighted by atomic mass is 32.1. The summed E-state index contributed by atoms with van der Waals surface area (Å²) in [6, 6.07) is -0.194. The van der Waals surface area contributed by atoms with Gasteiger partial charge in [0.2, 0.25) is 0 Å². The first-order chi connectivity index (χ1) is 9.10. The average molecular weight is 283 g/mol. The van der Waals surface area contributed by atoms with Gasteiger partial charge in [0.05, 0.1) is 11.6 Å². The lowest BCUT2D eigenvalue weighted by Gasteiger charge is -2.29. The van der Waals surface area contributed by atoms with Gasteiger partial charge in [-0.15, -0.1) is 11.3 Å². The van der Waals surface area contributed by atoms with Crippen LogP contribution in [0.25, 0.3) is 0 Å². The largest absolute Gasteiger partial charge is 0.481 e. The Bertz CT molecular complexity index is 467. The molecule has 104 valence electrons. The van der Waals surface area contributed by atoms with Crippen molar-refractivity contribution in [3.05, 3.63) is 11.1 Å². The molecule has 1 aromatic heterocycles. The highest BCUT2D eigenvalue weighted by molar-refractivity contribution is 7.13. The van der Waals surface area contributed by atoms with Crippen LogP contribution in [0.3, 0.4) is 0 Å². The van der Waals surface area contributed by atoms with E-state index in [1.165, 1.54) is 11.3 Å². The summed E-state index contributed by atoms with van der Waals surface area (Å²) in [5, 5.41) is 14.2. The topological polar surface area (TPSA) is 82.5 Å². The smallest absolute Gasteiger partial charge is 0.323 e. The number of aromatic nitrogens is 1. The zero-order chi connectivity index (χ0) is 13.8. The van der Waals surface area contributed by atoms with Crippen LogP contribution in [-0.2, 0) is 11.2 Å². The third-order valence-electron chi connectivity index (χ3n) is 3.26. The van der Waals surface area contributed by atoms with Gasteiger partial charge in [0.15, 0.2) is 5.13 Å². The summed E-state index contributed by atoms with van der Waals surface area (Å²) in [6.45, 7) is 2.97. The van der Waals surface area contributed by atoms with Crippen molar-refractivity contribution in [1.29, 1.82) is 0 Å². The summed E-state index contributed by atoms with van der Waals surface area (Å²) < 4.78 is 0. The molecular formula is C12H17N3O3S. The summed E-state index contributed by atoms with van der Waals surface area (Å²) >= 11 is 1.41. The lowest BCUT2D eigenvalue weighted by molar-refractivity contribution is -0.143. The van der Waals surface area contributed by atoms with Crippen molar-refractivity contribution >= 4 is 28.5 Å². The molecule has 0 spiro atoms. The van der Waals surface area contributed by atoms with Crippen LogP contribution in [-0.4, -0.2) is 40.1 Å². The summed E-state index contributed by atoms with van der Waals surface area (Å²) in [4.78, 5) is 28.7. The molecule has 19 heavy (non-hydrogen) atoms. The number of carbonyl (C=O) groups excluding carboxylic acids is 1. The molecule has 0 saturated carbocycles. The van der Waals surface area contributed by atoms with Crippen LogP contribution in [0.4, 0.5) is 9.93 Å². The summed E-state index contributed by atoms with van der Waals surface area (Å²) in [5.74, 6) is -1.09. The second-order valence-electron chi connectivity index (χ2n) is 4.53.